The molecule has 1 aromatic heterocycles. The lowest BCUT2D eigenvalue weighted by Gasteiger charge is -2.11. The maximum atomic E-state index is 12.7. The molecule has 0 saturated carbocycles. The highest BCUT2D eigenvalue weighted by molar-refractivity contribution is 9.10. The van der Waals surface area contributed by atoms with Crippen molar-refractivity contribution in [1.29, 1.82) is 0 Å². The summed E-state index contributed by atoms with van der Waals surface area (Å²) in [5.41, 5.74) is 2.13. The van der Waals surface area contributed by atoms with E-state index in [0.29, 0.717) is 16.6 Å². The molecule has 0 aliphatic heterocycles. The summed E-state index contributed by atoms with van der Waals surface area (Å²) in [5, 5.41) is 0.711. The zero-order chi connectivity index (χ0) is 14.3. The van der Waals surface area contributed by atoms with Gasteiger partial charge in [0.2, 0.25) is 5.28 Å². The van der Waals surface area contributed by atoms with E-state index >= 15 is 0 Å². The Morgan fingerprint density at radius 1 is 1.20 bits per heavy atom. The van der Waals surface area contributed by atoms with Crippen LogP contribution in [-0.4, -0.2) is 9.55 Å². The highest BCUT2D eigenvalue weighted by Gasteiger charge is 2.13. The number of benzene rings is 2. The van der Waals surface area contributed by atoms with Gasteiger partial charge in [0.1, 0.15) is 0 Å². The Labute approximate surface area is 129 Å². The molecule has 2 aromatic carbocycles. The molecular formula is C15H10BrClN2O. The monoisotopic (exact) mass is 348 g/mol. The van der Waals surface area contributed by atoms with Gasteiger partial charge in [-0.25, -0.2) is 9.55 Å². The third-order valence-electron chi connectivity index (χ3n) is 3.08. The van der Waals surface area contributed by atoms with Crippen LogP contribution < -0.4 is 5.56 Å². The molecule has 0 atom stereocenters. The summed E-state index contributed by atoms with van der Waals surface area (Å²) < 4.78 is 2.20. The number of aromatic nitrogens is 2. The number of halogens is 2. The average molecular weight is 350 g/mol. The fourth-order valence-electron chi connectivity index (χ4n) is 2.11. The number of hydrogen-bond acceptors (Lipinski definition) is 2. The van der Waals surface area contributed by atoms with Crippen LogP contribution in [0.4, 0.5) is 0 Å². The van der Waals surface area contributed by atoms with Crippen LogP contribution in [0, 0.1) is 6.92 Å². The lowest BCUT2D eigenvalue weighted by atomic mass is 10.1. The first-order chi connectivity index (χ1) is 9.58. The molecule has 0 bridgehead atoms. The number of nitrogens with zero attached hydrogens (tertiary/aromatic N) is 2. The molecule has 3 nitrogen and oxygen atoms in total. The summed E-state index contributed by atoms with van der Waals surface area (Å²) in [6, 6.07) is 13.0. The molecule has 3 aromatic rings. The molecule has 0 aliphatic carbocycles. The van der Waals surface area contributed by atoms with Crippen molar-refractivity contribution >= 4 is 38.4 Å². The Balaban J connectivity index is 2.43. The summed E-state index contributed by atoms with van der Waals surface area (Å²) in [4.78, 5) is 17.0. The molecule has 0 N–H and O–H groups in total. The van der Waals surface area contributed by atoms with E-state index < -0.39 is 0 Å². The van der Waals surface area contributed by atoms with Gasteiger partial charge < -0.3 is 0 Å². The maximum Gasteiger partial charge on any atom is 0.266 e. The van der Waals surface area contributed by atoms with Crippen molar-refractivity contribution in [3.63, 3.8) is 0 Å². The van der Waals surface area contributed by atoms with Gasteiger partial charge in [-0.1, -0.05) is 23.8 Å². The minimum atomic E-state index is -0.171. The zero-order valence-electron chi connectivity index (χ0n) is 10.6. The fourth-order valence-corrected chi connectivity index (χ4v) is 2.84. The molecule has 0 unspecified atom stereocenters. The molecule has 0 spiro atoms. The van der Waals surface area contributed by atoms with E-state index in [4.69, 9.17) is 11.6 Å². The summed E-state index contributed by atoms with van der Waals surface area (Å²) in [6.07, 6.45) is 0. The zero-order valence-corrected chi connectivity index (χ0v) is 12.9. The van der Waals surface area contributed by atoms with Gasteiger partial charge in [0.25, 0.3) is 5.56 Å². The first-order valence-corrected chi connectivity index (χ1v) is 7.19. The number of hydrogen-bond donors (Lipinski definition) is 0. The molecule has 0 aliphatic rings. The van der Waals surface area contributed by atoms with Crippen molar-refractivity contribution in [2.45, 2.75) is 6.92 Å². The number of para-hydroxylation sites is 1. The molecule has 1 heterocycles. The van der Waals surface area contributed by atoms with Crippen LogP contribution in [0.5, 0.6) is 0 Å². The molecule has 0 fully saturated rings. The second kappa shape index (κ2) is 5.04. The quantitative estimate of drug-likeness (QED) is 0.620. The third-order valence-corrected chi connectivity index (χ3v) is 4.00. The van der Waals surface area contributed by atoms with E-state index in [1.165, 1.54) is 4.57 Å². The Kier molecular flexibility index (Phi) is 3.36. The van der Waals surface area contributed by atoms with Crippen LogP contribution >= 0.6 is 27.5 Å². The molecule has 3 rings (SSSR count). The summed E-state index contributed by atoms with van der Waals surface area (Å²) in [7, 11) is 0. The van der Waals surface area contributed by atoms with Crippen molar-refractivity contribution in [1.82, 2.24) is 9.55 Å². The van der Waals surface area contributed by atoms with Crippen molar-refractivity contribution in [2.24, 2.45) is 0 Å². The summed E-state index contributed by atoms with van der Waals surface area (Å²) >= 11 is 9.62. The Hall–Kier alpha value is -1.65. The van der Waals surface area contributed by atoms with E-state index in [1.54, 1.807) is 0 Å². The van der Waals surface area contributed by atoms with Crippen LogP contribution in [0.1, 0.15) is 5.56 Å². The number of rotatable bonds is 1. The van der Waals surface area contributed by atoms with E-state index in [-0.39, 0.29) is 10.8 Å². The minimum Gasteiger partial charge on any atom is -0.268 e. The molecule has 100 valence electrons. The van der Waals surface area contributed by atoms with Crippen LogP contribution in [0.2, 0.25) is 5.28 Å². The van der Waals surface area contributed by atoms with E-state index in [0.717, 1.165) is 10.0 Å². The standard InChI is InChI=1S/C15H10BrClN2O/c1-9-6-7-12-10(8-9)14(20)19(15(17)18-12)13-5-3-2-4-11(13)16/h2-8H,1H3. The van der Waals surface area contributed by atoms with Crippen molar-refractivity contribution in [2.75, 3.05) is 0 Å². The lowest BCUT2D eigenvalue weighted by Crippen LogP contribution is -2.21. The Morgan fingerprint density at radius 3 is 2.70 bits per heavy atom. The molecule has 20 heavy (non-hydrogen) atoms. The summed E-state index contributed by atoms with van der Waals surface area (Å²) in [6.45, 7) is 1.94. The minimum absolute atomic E-state index is 0.151. The van der Waals surface area contributed by atoms with Gasteiger partial charge in [-0.2, -0.15) is 0 Å². The van der Waals surface area contributed by atoms with Gasteiger partial charge in [-0.15, -0.1) is 0 Å². The first-order valence-electron chi connectivity index (χ1n) is 6.02. The van der Waals surface area contributed by atoms with Crippen LogP contribution in [0.25, 0.3) is 16.6 Å². The van der Waals surface area contributed by atoms with Crippen LogP contribution in [0.15, 0.2) is 51.7 Å². The van der Waals surface area contributed by atoms with E-state index in [2.05, 4.69) is 20.9 Å². The Bertz CT molecular complexity index is 873. The molecule has 5 heteroatoms. The molecule has 0 radical (unpaired) electrons. The second-order valence-corrected chi connectivity index (χ2v) is 5.69. The normalized spacial score (nSPS) is 10.9. The maximum absolute atomic E-state index is 12.7. The highest BCUT2D eigenvalue weighted by Crippen LogP contribution is 2.23. The largest absolute Gasteiger partial charge is 0.268 e. The van der Waals surface area contributed by atoms with Gasteiger partial charge in [0.15, 0.2) is 0 Å². The smallest absolute Gasteiger partial charge is 0.266 e. The van der Waals surface area contributed by atoms with Crippen molar-refractivity contribution in [3.05, 3.63) is 68.1 Å². The number of fused-ring (bicyclic) bond motifs is 1. The second-order valence-electron chi connectivity index (χ2n) is 4.49. The van der Waals surface area contributed by atoms with E-state index in [9.17, 15) is 4.79 Å². The van der Waals surface area contributed by atoms with Crippen LogP contribution in [0.3, 0.4) is 0 Å². The van der Waals surface area contributed by atoms with E-state index in [1.807, 2.05) is 49.4 Å². The van der Waals surface area contributed by atoms with Gasteiger partial charge >= 0.3 is 0 Å². The average Bonchev–Trinajstić information content (AvgIpc) is 2.42. The van der Waals surface area contributed by atoms with Gasteiger partial charge in [-0.3, -0.25) is 4.79 Å². The summed E-state index contributed by atoms with van der Waals surface area (Å²) in [5.74, 6) is 0. The van der Waals surface area contributed by atoms with Crippen molar-refractivity contribution in [3.8, 4) is 5.69 Å². The highest BCUT2D eigenvalue weighted by atomic mass is 79.9. The van der Waals surface area contributed by atoms with Crippen LogP contribution in [-0.2, 0) is 0 Å². The Morgan fingerprint density at radius 2 is 1.95 bits per heavy atom. The van der Waals surface area contributed by atoms with Gasteiger partial charge in [0, 0.05) is 4.47 Å². The van der Waals surface area contributed by atoms with Gasteiger partial charge in [-0.05, 0) is 58.7 Å². The van der Waals surface area contributed by atoms with Crippen molar-refractivity contribution < 1.29 is 0 Å². The lowest BCUT2D eigenvalue weighted by molar-refractivity contribution is 0.958. The topological polar surface area (TPSA) is 34.9 Å². The molecular weight excluding hydrogens is 340 g/mol. The number of aryl methyl sites for hydroxylation is 1. The predicted molar refractivity (Wildman–Crippen MR) is 84.8 cm³/mol. The fraction of sp³-hybridized carbons (Fsp3) is 0.0667. The molecule has 0 amide bonds. The molecule has 0 saturated heterocycles. The van der Waals surface area contributed by atoms with Gasteiger partial charge in [0.05, 0.1) is 16.6 Å². The SMILES string of the molecule is Cc1ccc2nc(Cl)n(-c3ccccc3Br)c(=O)c2c1. The third kappa shape index (κ3) is 2.15. The first kappa shape index (κ1) is 13.3. The predicted octanol–water partition coefficient (Wildman–Crippen LogP) is 4.11.